The van der Waals surface area contributed by atoms with E-state index in [-0.39, 0.29) is 3.79 Å². The third-order valence-corrected chi connectivity index (χ3v) is 4.99. The fourth-order valence-corrected chi connectivity index (χ4v) is 2.06. The van der Waals surface area contributed by atoms with E-state index in [0.29, 0.717) is 6.61 Å². The van der Waals surface area contributed by atoms with Crippen LogP contribution in [0.4, 0.5) is 0 Å². The number of carbonyl (C=O) groups is 1. The van der Waals surface area contributed by atoms with Crippen LogP contribution in [0.5, 0.6) is 0 Å². The molecule has 13 heavy (non-hydrogen) atoms. The molecule has 0 amide bonds. The van der Waals surface area contributed by atoms with Crippen LogP contribution in [-0.2, 0) is 14.5 Å². The van der Waals surface area contributed by atoms with Crippen LogP contribution < -0.4 is 0 Å². The van der Waals surface area contributed by atoms with Gasteiger partial charge in [0.25, 0.3) is 0 Å². The summed E-state index contributed by atoms with van der Waals surface area (Å²) in [6.07, 6.45) is 0. The molecule has 0 spiro atoms. The molecule has 0 saturated carbocycles. The molecular formula is C10H13IO2. The summed E-state index contributed by atoms with van der Waals surface area (Å²) < 4.78 is 5.72. The van der Waals surface area contributed by atoms with Gasteiger partial charge >= 0.3 is 86.2 Å². The van der Waals surface area contributed by atoms with Gasteiger partial charge in [-0.1, -0.05) is 0 Å². The molecule has 1 aromatic rings. The zero-order valence-corrected chi connectivity index (χ0v) is 9.95. The van der Waals surface area contributed by atoms with Crippen molar-refractivity contribution in [2.75, 3.05) is 4.93 Å². The molecule has 0 unspecified atom stereocenters. The van der Waals surface area contributed by atoms with Crippen LogP contribution in [0.25, 0.3) is 0 Å². The van der Waals surface area contributed by atoms with E-state index in [2.05, 4.69) is 0 Å². The van der Waals surface area contributed by atoms with E-state index in [1.165, 1.54) is 0 Å². The molecule has 0 aromatic heterocycles. The summed E-state index contributed by atoms with van der Waals surface area (Å²) in [7, 11) is 0. The fraction of sp³-hybridized carbons (Fsp3) is 0.300. The van der Waals surface area contributed by atoms with Crippen LogP contribution in [0.2, 0.25) is 0 Å². The Morgan fingerprint density at radius 3 is 2.54 bits per heavy atom. The average molecular weight is 292 g/mol. The van der Waals surface area contributed by atoms with Crippen LogP contribution in [0.3, 0.4) is 0 Å². The van der Waals surface area contributed by atoms with Crippen LogP contribution in [0.1, 0.15) is 12.5 Å². The number of carbonyl (C=O) groups excluding carboxylic acids is 1. The van der Waals surface area contributed by atoms with Gasteiger partial charge < -0.3 is 0 Å². The van der Waals surface area contributed by atoms with Crippen molar-refractivity contribution in [2.45, 2.75) is 13.5 Å². The number of benzene rings is 1. The van der Waals surface area contributed by atoms with Crippen molar-refractivity contribution in [1.82, 2.24) is 0 Å². The Kier molecular flexibility index (Phi) is 4.38. The second-order valence-electron chi connectivity index (χ2n) is 2.63. The normalized spacial score (nSPS) is 11.1. The first-order valence-corrected chi connectivity index (χ1v) is 8.10. The minimum absolute atomic E-state index is 0.222. The van der Waals surface area contributed by atoms with Crippen molar-refractivity contribution in [2.24, 2.45) is 0 Å². The topological polar surface area (TPSA) is 26.3 Å². The van der Waals surface area contributed by atoms with Crippen molar-refractivity contribution in [3.63, 3.8) is 0 Å². The molecule has 0 atom stereocenters. The molecule has 0 radical (unpaired) electrons. The Bertz CT molecular complexity index is 272. The molecule has 3 heteroatoms. The molecule has 1 aromatic carbocycles. The van der Waals surface area contributed by atoms with E-state index < -0.39 is 20.2 Å². The van der Waals surface area contributed by atoms with E-state index in [4.69, 9.17) is 3.07 Å². The summed E-state index contributed by atoms with van der Waals surface area (Å²) in [5.74, 6) is 0. The van der Waals surface area contributed by atoms with Gasteiger partial charge in [-0.2, -0.15) is 0 Å². The molecule has 0 aliphatic carbocycles. The third-order valence-electron chi connectivity index (χ3n) is 1.60. The second-order valence-corrected chi connectivity index (χ2v) is 7.17. The number of alkyl halides is 1. The average Bonchev–Trinajstić information content (AvgIpc) is 2.15. The van der Waals surface area contributed by atoms with Crippen molar-refractivity contribution in [3.8, 4) is 0 Å². The molecule has 2 nitrogen and oxygen atoms in total. The molecule has 0 aliphatic rings. The van der Waals surface area contributed by atoms with Gasteiger partial charge in [0.05, 0.1) is 0 Å². The van der Waals surface area contributed by atoms with Gasteiger partial charge in [-0.05, 0) is 0 Å². The minimum atomic E-state index is -1.75. The molecule has 0 bridgehead atoms. The van der Waals surface area contributed by atoms with Gasteiger partial charge in [-0.25, -0.2) is 0 Å². The fourth-order valence-electron chi connectivity index (χ4n) is 0.796. The van der Waals surface area contributed by atoms with Crippen LogP contribution in [0.15, 0.2) is 30.3 Å². The number of halogens is 1. The molecule has 0 N–H and O–H groups in total. The number of hydrogen-bond acceptors (Lipinski definition) is 2. The van der Waals surface area contributed by atoms with Crippen LogP contribution in [0, 0.1) is 0 Å². The Hall–Kier alpha value is -0.420. The summed E-state index contributed by atoms with van der Waals surface area (Å²) in [6, 6.07) is 9.92. The molecule has 0 aliphatic heterocycles. The van der Waals surface area contributed by atoms with Gasteiger partial charge in [0, 0.05) is 0 Å². The molecule has 0 fully saturated rings. The zero-order chi connectivity index (χ0) is 9.68. The van der Waals surface area contributed by atoms with Gasteiger partial charge in [0.1, 0.15) is 0 Å². The van der Waals surface area contributed by atoms with Crippen LogP contribution in [-0.4, -0.2) is 8.72 Å². The van der Waals surface area contributed by atoms with Gasteiger partial charge in [0.15, 0.2) is 0 Å². The first kappa shape index (κ1) is 10.7. The predicted octanol–water partition coefficient (Wildman–Crippen LogP) is 2.80. The maximum absolute atomic E-state index is 10.9. The molecule has 0 saturated heterocycles. The molecule has 72 valence electrons. The Morgan fingerprint density at radius 2 is 2.00 bits per heavy atom. The maximum atomic E-state index is 10.9. The zero-order valence-electron chi connectivity index (χ0n) is 7.79. The monoisotopic (exact) mass is 292 g/mol. The molecular weight excluding hydrogens is 279 g/mol. The van der Waals surface area contributed by atoms with Gasteiger partial charge in [-0.15, -0.1) is 0 Å². The van der Waals surface area contributed by atoms with E-state index in [1.54, 1.807) is 6.92 Å². The second kappa shape index (κ2) is 5.34. The van der Waals surface area contributed by atoms with Crippen LogP contribution >= 0.6 is 20.2 Å². The first-order valence-electron chi connectivity index (χ1n) is 3.98. The van der Waals surface area contributed by atoms with E-state index in [0.717, 1.165) is 5.56 Å². The molecule has 0 heterocycles. The van der Waals surface area contributed by atoms with E-state index >= 15 is 0 Å². The summed E-state index contributed by atoms with van der Waals surface area (Å²) in [4.78, 5) is 12.8. The van der Waals surface area contributed by atoms with Crippen molar-refractivity contribution < 1.29 is 7.86 Å². The number of rotatable bonds is 4. The van der Waals surface area contributed by atoms with Gasteiger partial charge in [-0.3, -0.25) is 0 Å². The van der Waals surface area contributed by atoms with E-state index in [9.17, 15) is 4.79 Å². The third kappa shape index (κ3) is 3.87. The first-order chi connectivity index (χ1) is 6.20. The summed E-state index contributed by atoms with van der Waals surface area (Å²) in [5, 5.41) is 0. The summed E-state index contributed by atoms with van der Waals surface area (Å²) in [5.41, 5.74) is 1.13. The summed E-state index contributed by atoms with van der Waals surface area (Å²) in [6.45, 7) is 2.18. The van der Waals surface area contributed by atoms with E-state index in [1.807, 2.05) is 35.3 Å². The Balaban J connectivity index is 2.39. The molecule has 1 rings (SSSR count). The summed E-state index contributed by atoms with van der Waals surface area (Å²) >= 11 is -1.75. The van der Waals surface area contributed by atoms with Gasteiger partial charge in [0.2, 0.25) is 0 Å². The Morgan fingerprint density at radius 1 is 1.38 bits per heavy atom. The van der Waals surface area contributed by atoms with Crippen molar-refractivity contribution in [1.29, 1.82) is 0 Å². The van der Waals surface area contributed by atoms with Crippen molar-refractivity contribution in [3.05, 3.63) is 35.9 Å². The number of hydrogen-bond donors (Lipinski definition) is 0. The Labute approximate surface area is 86.2 Å². The SMILES string of the molecule is CC(=O)I(C)OCc1ccccc1. The predicted molar refractivity (Wildman–Crippen MR) is 61.9 cm³/mol. The quantitative estimate of drug-likeness (QED) is 0.484. The van der Waals surface area contributed by atoms with Crippen molar-refractivity contribution >= 4 is 24.0 Å². The standard InChI is InChI=1S/C10H13IO2/c1-9(12)11(2)13-8-10-6-4-3-5-7-10/h3-7H,8H2,1-2H3.